The van der Waals surface area contributed by atoms with Crippen LogP contribution in [0, 0.1) is 0 Å². The second kappa shape index (κ2) is 4.32. The zero-order valence-corrected chi connectivity index (χ0v) is 6.16. The maximum absolute atomic E-state index is 10.7. The lowest BCUT2D eigenvalue weighted by Gasteiger charge is -2.00. The first-order valence-corrected chi connectivity index (χ1v) is 3.02. The number of amides is 1. The zero-order chi connectivity index (χ0) is 8.85. The largest absolute Gasteiger partial charge is 0.462 e. The number of esters is 1. The summed E-state index contributed by atoms with van der Waals surface area (Å²) in [5.74, 6) is -1.67. The number of ether oxygens (including phenoxy) is 1. The Morgan fingerprint density at radius 1 is 1.55 bits per heavy atom. The van der Waals surface area contributed by atoms with E-state index in [1.165, 1.54) is 0 Å². The van der Waals surface area contributed by atoms with E-state index in [1.54, 1.807) is 6.92 Å². The van der Waals surface area contributed by atoms with Crippen LogP contribution >= 0.6 is 0 Å². The van der Waals surface area contributed by atoms with Crippen LogP contribution < -0.4 is 11.5 Å². The highest BCUT2D eigenvalue weighted by Crippen LogP contribution is 1.93. The van der Waals surface area contributed by atoms with Crippen molar-refractivity contribution in [2.24, 2.45) is 11.5 Å². The van der Waals surface area contributed by atoms with E-state index in [0.29, 0.717) is 0 Å². The van der Waals surface area contributed by atoms with Gasteiger partial charge in [-0.2, -0.15) is 0 Å². The number of primary amides is 1. The fraction of sp³-hybridized carbons (Fsp3) is 0.333. The summed E-state index contributed by atoms with van der Waals surface area (Å²) < 4.78 is 4.47. The minimum Gasteiger partial charge on any atom is -0.462 e. The zero-order valence-electron chi connectivity index (χ0n) is 6.16. The highest BCUT2D eigenvalue weighted by atomic mass is 16.5. The molecular weight excluding hydrogens is 148 g/mol. The first-order valence-electron chi connectivity index (χ1n) is 3.02. The van der Waals surface area contributed by atoms with Crippen LogP contribution in [0.3, 0.4) is 0 Å². The third-order valence-corrected chi connectivity index (χ3v) is 0.927. The van der Waals surface area contributed by atoms with E-state index in [2.05, 4.69) is 4.74 Å². The number of carbonyl (C=O) groups is 2. The van der Waals surface area contributed by atoms with Crippen LogP contribution in [0.1, 0.15) is 6.92 Å². The molecule has 0 spiro atoms. The Kier molecular flexibility index (Phi) is 3.72. The van der Waals surface area contributed by atoms with Crippen molar-refractivity contribution in [1.82, 2.24) is 0 Å². The van der Waals surface area contributed by atoms with Crippen molar-refractivity contribution in [3.8, 4) is 0 Å². The molecule has 0 aliphatic carbocycles. The molecule has 0 radical (unpaired) electrons. The first kappa shape index (κ1) is 9.48. The van der Waals surface area contributed by atoms with E-state index in [4.69, 9.17) is 11.5 Å². The Bertz CT molecular complexity index is 198. The van der Waals surface area contributed by atoms with Crippen LogP contribution in [0.15, 0.2) is 11.8 Å². The molecule has 0 heterocycles. The van der Waals surface area contributed by atoms with Crippen LogP contribution in [0.4, 0.5) is 0 Å². The average molecular weight is 158 g/mol. The Labute approximate surface area is 64.0 Å². The lowest BCUT2D eigenvalue weighted by atomic mass is 10.3. The summed E-state index contributed by atoms with van der Waals surface area (Å²) in [6.45, 7) is 1.80. The molecule has 0 unspecified atom stereocenters. The van der Waals surface area contributed by atoms with Gasteiger partial charge in [-0.15, -0.1) is 0 Å². The van der Waals surface area contributed by atoms with Crippen LogP contribution in [0.25, 0.3) is 0 Å². The molecule has 0 aromatic carbocycles. The molecule has 0 atom stereocenters. The molecule has 5 nitrogen and oxygen atoms in total. The molecular formula is C6H10N2O3. The Hall–Kier alpha value is -1.52. The second-order valence-electron chi connectivity index (χ2n) is 1.67. The summed E-state index contributed by atoms with van der Waals surface area (Å²) in [6, 6.07) is 0. The summed E-state index contributed by atoms with van der Waals surface area (Å²) in [5.41, 5.74) is 9.40. The number of hydrogen-bond acceptors (Lipinski definition) is 4. The van der Waals surface area contributed by atoms with Crippen LogP contribution in [-0.4, -0.2) is 18.5 Å². The lowest BCUT2D eigenvalue weighted by Crippen LogP contribution is -2.23. The highest BCUT2D eigenvalue weighted by Gasteiger charge is 2.14. The monoisotopic (exact) mass is 158 g/mol. The van der Waals surface area contributed by atoms with Crippen molar-refractivity contribution in [3.63, 3.8) is 0 Å². The van der Waals surface area contributed by atoms with Crippen molar-refractivity contribution >= 4 is 11.9 Å². The van der Waals surface area contributed by atoms with Crippen molar-refractivity contribution in [3.05, 3.63) is 11.8 Å². The SMILES string of the molecule is CCOC(=O)C(=CN)C(N)=O. The highest BCUT2D eigenvalue weighted by molar-refractivity contribution is 6.15. The first-order chi connectivity index (χ1) is 5.13. The molecule has 0 aromatic rings. The summed E-state index contributed by atoms with van der Waals surface area (Å²) in [4.78, 5) is 21.2. The number of carbonyl (C=O) groups excluding carboxylic acids is 2. The van der Waals surface area contributed by atoms with Gasteiger partial charge in [0.15, 0.2) is 0 Å². The number of nitrogens with two attached hydrogens (primary N) is 2. The standard InChI is InChI=1S/C6H10N2O3/c1-2-11-6(10)4(3-7)5(8)9/h3H,2,7H2,1H3,(H2,8,9). The van der Waals surface area contributed by atoms with Gasteiger partial charge in [-0.25, -0.2) is 4.79 Å². The Morgan fingerprint density at radius 3 is 2.36 bits per heavy atom. The summed E-state index contributed by atoms with van der Waals surface area (Å²) >= 11 is 0. The molecule has 0 saturated carbocycles. The van der Waals surface area contributed by atoms with Gasteiger partial charge in [-0.3, -0.25) is 4.79 Å². The van der Waals surface area contributed by atoms with Gasteiger partial charge < -0.3 is 16.2 Å². The predicted molar refractivity (Wildman–Crippen MR) is 38.1 cm³/mol. The van der Waals surface area contributed by atoms with Crippen molar-refractivity contribution < 1.29 is 14.3 Å². The van der Waals surface area contributed by atoms with E-state index < -0.39 is 11.9 Å². The fourth-order valence-corrected chi connectivity index (χ4v) is 0.460. The molecule has 11 heavy (non-hydrogen) atoms. The van der Waals surface area contributed by atoms with Gasteiger partial charge in [-0.1, -0.05) is 0 Å². The molecule has 0 aliphatic rings. The van der Waals surface area contributed by atoms with Crippen molar-refractivity contribution in [2.75, 3.05) is 6.61 Å². The average Bonchev–Trinajstić information content (AvgIpc) is 1.88. The molecule has 0 saturated heterocycles. The minimum absolute atomic E-state index is 0.184. The quantitative estimate of drug-likeness (QED) is 0.235. The minimum atomic E-state index is -0.883. The topological polar surface area (TPSA) is 95.4 Å². The molecule has 4 N–H and O–H groups in total. The van der Waals surface area contributed by atoms with Gasteiger partial charge in [0.25, 0.3) is 5.91 Å². The van der Waals surface area contributed by atoms with E-state index in [9.17, 15) is 9.59 Å². The van der Waals surface area contributed by atoms with Crippen LogP contribution in [0.2, 0.25) is 0 Å². The van der Waals surface area contributed by atoms with Crippen LogP contribution in [-0.2, 0) is 14.3 Å². The van der Waals surface area contributed by atoms with Gasteiger partial charge in [-0.05, 0) is 6.92 Å². The van der Waals surface area contributed by atoms with E-state index >= 15 is 0 Å². The molecule has 1 amide bonds. The van der Waals surface area contributed by atoms with Crippen molar-refractivity contribution in [2.45, 2.75) is 6.92 Å². The second-order valence-corrected chi connectivity index (χ2v) is 1.67. The van der Waals surface area contributed by atoms with Gasteiger partial charge in [0.05, 0.1) is 6.61 Å². The molecule has 62 valence electrons. The van der Waals surface area contributed by atoms with Crippen LogP contribution in [0.5, 0.6) is 0 Å². The third-order valence-electron chi connectivity index (χ3n) is 0.927. The number of hydrogen-bond donors (Lipinski definition) is 2. The maximum atomic E-state index is 10.7. The molecule has 0 bridgehead atoms. The molecule has 0 aliphatic heterocycles. The normalized spacial score (nSPS) is 10.8. The molecule has 0 fully saturated rings. The summed E-state index contributed by atoms with van der Waals surface area (Å²) in [6.07, 6.45) is 0.834. The molecule has 0 aromatic heterocycles. The van der Waals surface area contributed by atoms with E-state index in [1.807, 2.05) is 0 Å². The van der Waals surface area contributed by atoms with Gasteiger partial charge in [0, 0.05) is 6.20 Å². The third kappa shape index (κ3) is 2.70. The summed E-state index contributed by atoms with van der Waals surface area (Å²) in [5, 5.41) is 0. The Balaban J connectivity index is 4.29. The van der Waals surface area contributed by atoms with E-state index in [0.717, 1.165) is 6.20 Å². The molecule has 0 rings (SSSR count). The smallest absolute Gasteiger partial charge is 0.345 e. The van der Waals surface area contributed by atoms with E-state index in [-0.39, 0.29) is 12.2 Å². The fourth-order valence-electron chi connectivity index (χ4n) is 0.460. The lowest BCUT2D eigenvalue weighted by molar-refractivity contribution is -0.139. The Morgan fingerprint density at radius 2 is 2.09 bits per heavy atom. The maximum Gasteiger partial charge on any atom is 0.345 e. The molecule has 5 heteroatoms. The van der Waals surface area contributed by atoms with Gasteiger partial charge >= 0.3 is 5.97 Å². The van der Waals surface area contributed by atoms with Gasteiger partial charge in [0.1, 0.15) is 5.57 Å². The van der Waals surface area contributed by atoms with Gasteiger partial charge in [0.2, 0.25) is 0 Å². The number of rotatable bonds is 3. The predicted octanol–water partition coefficient (Wildman–Crippen LogP) is -1.12. The summed E-state index contributed by atoms with van der Waals surface area (Å²) in [7, 11) is 0. The van der Waals surface area contributed by atoms with Crippen molar-refractivity contribution in [1.29, 1.82) is 0 Å².